The van der Waals surface area contributed by atoms with Crippen molar-refractivity contribution in [1.82, 2.24) is 0 Å². The van der Waals surface area contributed by atoms with Crippen LogP contribution in [-0.2, 0) is 16.1 Å². The van der Waals surface area contributed by atoms with Gasteiger partial charge in [0.1, 0.15) is 5.76 Å². The second kappa shape index (κ2) is 6.50. The van der Waals surface area contributed by atoms with E-state index in [9.17, 15) is 4.79 Å². The average molecular weight is 295 g/mol. The third-order valence-electron chi connectivity index (χ3n) is 3.76. The number of benzene rings is 1. The van der Waals surface area contributed by atoms with Gasteiger partial charge in [-0.2, -0.15) is 0 Å². The van der Waals surface area contributed by atoms with Crippen LogP contribution in [0.15, 0.2) is 47.1 Å². The van der Waals surface area contributed by atoms with Crippen molar-refractivity contribution in [3.63, 3.8) is 0 Å². The molecule has 1 amide bonds. The van der Waals surface area contributed by atoms with E-state index in [2.05, 4.69) is 5.92 Å². The van der Waals surface area contributed by atoms with Crippen LogP contribution in [0.4, 0.5) is 5.69 Å². The van der Waals surface area contributed by atoms with Gasteiger partial charge in [-0.3, -0.25) is 4.79 Å². The summed E-state index contributed by atoms with van der Waals surface area (Å²) in [4.78, 5) is 14.5. The van der Waals surface area contributed by atoms with Crippen LogP contribution in [0.25, 0.3) is 0 Å². The monoisotopic (exact) mass is 295 g/mol. The largest absolute Gasteiger partial charge is 0.467 e. The lowest BCUT2D eigenvalue weighted by Gasteiger charge is -2.24. The molecule has 1 unspecified atom stereocenters. The first-order valence-electron chi connectivity index (χ1n) is 7.26. The van der Waals surface area contributed by atoms with Gasteiger partial charge in [0.25, 0.3) is 0 Å². The number of ether oxygens (including phenoxy) is 1. The first-order valence-corrected chi connectivity index (χ1v) is 7.26. The Labute approximate surface area is 129 Å². The van der Waals surface area contributed by atoms with E-state index < -0.39 is 0 Å². The molecule has 0 N–H and O–H groups in total. The number of anilines is 1. The summed E-state index contributed by atoms with van der Waals surface area (Å²) >= 11 is 0. The number of amides is 1. The van der Waals surface area contributed by atoms with Gasteiger partial charge in [-0.05, 0) is 36.8 Å². The summed E-state index contributed by atoms with van der Waals surface area (Å²) in [6.45, 7) is 1.49. The summed E-state index contributed by atoms with van der Waals surface area (Å²) in [6.07, 6.45) is 7.82. The minimum Gasteiger partial charge on any atom is -0.467 e. The molecule has 1 aromatic carbocycles. The van der Waals surface area contributed by atoms with Gasteiger partial charge in [-0.1, -0.05) is 12.0 Å². The Morgan fingerprint density at radius 3 is 2.95 bits per heavy atom. The summed E-state index contributed by atoms with van der Waals surface area (Å²) < 4.78 is 10.7. The van der Waals surface area contributed by atoms with E-state index in [1.165, 1.54) is 0 Å². The van der Waals surface area contributed by atoms with Crippen molar-refractivity contribution in [2.75, 3.05) is 18.1 Å². The highest BCUT2D eigenvalue weighted by Gasteiger charge is 2.29. The lowest BCUT2D eigenvalue weighted by atomic mass is 10.1. The third-order valence-corrected chi connectivity index (χ3v) is 3.76. The maximum absolute atomic E-state index is 12.8. The van der Waals surface area contributed by atoms with Crippen molar-refractivity contribution in [1.29, 1.82) is 0 Å². The van der Waals surface area contributed by atoms with Gasteiger partial charge in [0.15, 0.2) is 0 Å². The number of carbonyl (C=O) groups excluding carboxylic acids is 1. The molecule has 3 rings (SSSR count). The van der Waals surface area contributed by atoms with Gasteiger partial charge in [0, 0.05) is 17.9 Å². The van der Waals surface area contributed by atoms with Crippen molar-refractivity contribution >= 4 is 11.6 Å². The molecule has 0 bridgehead atoms. The standard InChI is InChI=1S/C18H17NO3/c1-2-14-5-3-6-16(11-14)19(12-17-7-4-9-22-17)18(20)15-8-10-21-13-15/h1,3-7,9,11,15H,8,10,12-13H2. The number of terminal acetylenes is 1. The third kappa shape index (κ3) is 3.05. The molecular weight excluding hydrogens is 278 g/mol. The smallest absolute Gasteiger partial charge is 0.232 e. The highest BCUT2D eigenvalue weighted by Crippen LogP contribution is 2.24. The van der Waals surface area contributed by atoms with E-state index in [1.54, 1.807) is 11.2 Å². The van der Waals surface area contributed by atoms with Crippen LogP contribution < -0.4 is 4.90 Å². The maximum atomic E-state index is 12.8. The predicted molar refractivity (Wildman–Crippen MR) is 83.2 cm³/mol. The number of hydrogen-bond donors (Lipinski definition) is 0. The molecule has 2 heterocycles. The zero-order valence-electron chi connectivity index (χ0n) is 12.2. The van der Waals surface area contributed by atoms with Gasteiger partial charge in [-0.15, -0.1) is 6.42 Å². The van der Waals surface area contributed by atoms with Gasteiger partial charge < -0.3 is 14.1 Å². The summed E-state index contributed by atoms with van der Waals surface area (Å²) in [6, 6.07) is 11.1. The Morgan fingerprint density at radius 2 is 2.27 bits per heavy atom. The fraction of sp³-hybridized carbons (Fsp3) is 0.278. The van der Waals surface area contributed by atoms with Crippen molar-refractivity contribution < 1.29 is 13.9 Å². The fourth-order valence-electron chi connectivity index (χ4n) is 2.57. The zero-order valence-corrected chi connectivity index (χ0v) is 12.2. The molecule has 1 atom stereocenters. The van der Waals surface area contributed by atoms with Crippen molar-refractivity contribution in [2.24, 2.45) is 5.92 Å². The second-order valence-corrected chi connectivity index (χ2v) is 5.26. The van der Waals surface area contributed by atoms with Crippen LogP contribution in [0.2, 0.25) is 0 Å². The molecule has 4 nitrogen and oxygen atoms in total. The van der Waals surface area contributed by atoms with E-state index in [1.807, 2.05) is 36.4 Å². The van der Waals surface area contributed by atoms with Gasteiger partial charge >= 0.3 is 0 Å². The van der Waals surface area contributed by atoms with E-state index >= 15 is 0 Å². The van der Waals surface area contributed by atoms with E-state index in [4.69, 9.17) is 15.6 Å². The SMILES string of the molecule is C#Cc1cccc(N(Cc2ccco2)C(=O)C2CCOC2)c1. The molecule has 112 valence electrons. The first kappa shape index (κ1) is 14.4. The Bertz CT molecular complexity index is 679. The quantitative estimate of drug-likeness (QED) is 0.815. The topological polar surface area (TPSA) is 42.7 Å². The number of rotatable bonds is 4. The van der Waals surface area contributed by atoms with E-state index in [0.29, 0.717) is 19.8 Å². The van der Waals surface area contributed by atoms with Crippen LogP contribution in [0.1, 0.15) is 17.7 Å². The van der Waals surface area contributed by atoms with E-state index in [-0.39, 0.29) is 11.8 Å². The van der Waals surface area contributed by atoms with Gasteiger partial charge in [-0.25, -0.2) is 0 Å². The summed E-state index contributed by atoms with van der Waals surface area (Å²) in [7, 11) is 0. The molecule has 22 heavy (non-hydrogen) atoms. The zero-order chi connectivity index (χ0) is 15.4. The number of furan rings is 1. The van der Waals surface area contributed by atoms with Crippen LogP contribution in [0, 0.1) is 18.3 Å². The summed E-state index contributed by atoms with van der Waals surface area (Å²) in [5.74, 6) is 3.28. The van der Waals surface area contributed by atoms with Gasteiger partial charge in [0.2, 0.25) is 5.91 Å². The second-order valence-electron chi connectivity index (χ2n) is 5.26. The van der Waals surface area contributed by atoms with Crippen LogP contribution in [0.3, 0.4) is 0 Å². The minimum atomic E-state index is -0.107. The predicted octanol–water partition coefficient (Wildman–Crippen LogP) is 2.83. The van der Waals surface area contributed by atoms with Crippen LogP contribution in [-0.4, -0.2) is 19.1 Å². The molecule has 0 radical (unpaired) electrons. The van der Waals surface area contributed by atoms with Crippen LogP contribution >= 0.6 is 0 Å². The molecule has 1 aliphatic rings. The summed E-state index contributed by atoms with van der Waals surface area (Å²) in [5, 5.41) is 0. The molecule has 1 saturated heterocycles. The van der Waals surface area contributed by atoms with Crippen LogP contribution in [0.5, 0.6) is 0 Å². The van der Waals surface area contributed by atoms with E-state index in [0.717, 1.165) is 23.4 Å². The lowest BCUT2D eigenvalue weighted by molar-refractivity contribution is -0.122. The molecule has 4 heteroatoms. The minimum absolute atomic E-state index is 0.0445. The Hall–Kier alpha value is -2.51. The molecule has 0 aliphatic carbocycles. The molecular formula is C18H17NO3. The number of carbonyl (C=O) groups is 1. The normalized spacial score (nSPS) is 17.1. The maximum Gasteiger partial charge on any atom is 0.232 e. The average Bonchev–Trinajstić information content (AvgIpc) is 3.25. The molecule has 0 spiro atoms. The van der Waals surface area contributed by atoms with Crippen molar-refractivity contribution in [3.8, 4) is 12.3 Å². The Balaban J connectivity index is 1.90. The Kier molecular flexibility index (Phi) is 4.27. The molecule has 0 saturated carbocycles. The molecule has 1 aliphatic heterocycles. The van der Waals surface area contributed by atoms with Crippen molar-refractivity contribution in [3.05, 3.63) is 54.0 Å². The molecule has 2 aromatic rings. The summed E-state index contributed by atoms with van der Waals surface area (Å²) in [5.41, 5.74) is 1.53. The number of nitrogens with zero attached hydrogens (tertiary/aromatic N) is 1. The highest BCUT2D eigenvalue weighted by atomic mass is 16.5. The lowest BCUT2D eigenvalue weighted by Crippen LogP contribution is -2.36. The fourth-order valence-corrected chi connectivity index (χ4v) is 2.57. The van der Waals surface area contributed by atoms with Crippen molar-refractivity contribution in [2.45, 2.75) is 13.0 Å². The highest BCUT2D eigenvalue weighted by molar-refractivity contribution is 5.95. The van der Waals surface area contributed by atoms with Gasteiger partial charge in [0.05, 0.1) is 25.3 Å². The number of hydrogen-bond acceptors (Lipinski definition) is 3. The molecule has 1 fully saturated rings. The Morgan fingerprint density at radius 1 is 1.36 bits per heavy atom. The first-order chi connectivity index (χ1) is 10.8. The molecule has 1 aromatic heterocycles.